The van der Waals surface area contributed by atoms with Gasteiger partial charge in [0.1, 0.15) is 11.8 Å². The molecule has 3 N–H and O–H groups in total. The summed E-state index contributed by atoms with van der Waals surface area (Å²) in [5.41, 5.74) is 1.66. The highest BCUT2D eigenvalue weighted by atomic mass is 35.5. The van der Waals surface area contributed by atoms with Gasteiger partial charge in [-0.05, 0) is 36.2 Å². The molecule has 154 valence electrons. The zero-order valence-electron chi connectivity index (χ0n) is 14.7. The van der Waals surface area contributed by atoms with Crippen LogP contribution in [0.15, 0.2) is 30.3 Å². The first-order valence-electron chi connectivity index (χ1n) is 7.60. The average molecular weight is 440 g/mol. The van der Waals surface area contributed by atoms with Crippen LogP contribution in [0.4, 0.5) is 13.2 Å². The molecule has 0 spiro atoms. The van der Waals surface area contributed by atoms with Gasteiger partial charge in [-0.2, -0.15) is 13.2 Å². The third kappa shape index (κ3) is 7.37. The van der Waals surface area contributed by atoms with E-state index in [1.165, 1.54) is 11.3 Å². The summed E-state index contributed by atoms with van der Waals surface area (Å²) in [7, 11) is 1.55. The first kappa shape index (κ1) is 23.7. The molecule has 0 fully saturated rings. The number of hydrogen-bond donors (Lipinski definition) is 3. The van der Waals surface area contributed by atoms with Crippen molar-refractivity contribution >= 4 is 34.9 Å². The molecule has 0 radical (unpaired) electrons. The van der Waals surface area contributed by atoms with Crippen molar-refractivity contribution in [1.29, 1.82) is 0 Å². The first-order chi connectivity index (χ1) is 13.0. The van der Waals surface area contributed by atoms with E-state index in [-0.39, 0.29) is 0 Å². The van der Waals surface area contributed by atoms with E-state index in [0.29, 0.717) is 17.9 Å². The number of aryl methyl sites for hydroxylation is 1. The van der Waals surface area contributed by atoms with Crippen LogP contribution in [0.3, 0.4) is 0 Å². The van der Waals surface area contributed by atoms with Crippen molar-refractivity contribution < 1.29 is 37.7 Å². The van der Waals surface area contributed by atoms with E-state index >= 15 is 0 Å². The highest BCUT2D eigenvalue weighted by molar-refractivity contribution is 7.16. The van der Waals surface area contributed by atoms with Crippen LogP contribution in [0.5, 0.6) is 5.75 Å². The van der Waals surface area contributed by atoms with Crippen LogP contribution in [0.2, 0.25) is 4.34 Å². The maximum Gasteiger partial charge on any atom is 0.490 e. The molecule has 6 nitrogen and oxygen atoms in total. The SMILES string of the molecule is COc1cccc(C(NCc2cc(C)c(Cl)s2)C(=O)O)c1.O=C(O)C(F)(F)F. The molecule has 1 unspecified atom stereocenters. The third-order valence-electron chi connectivity index (χ3n) is 3.31. The second-order valence-electron chi connectivity index (χ2n) is 5.40. The molecule has 0 aliphatic carbocycles. The van der Waals surface area contributed by atoms with Gasteiger partial charge in [-0.3, -0.25) is 10.1 Å². The van der Waals surface area contributed by atoms with Crippen molar-refractivity contribution in [1.82, 2.24) is 5.32 Å². The standard InChI is InChI=1S/C15H16ClNO3S.C2HF3O2/c1-9-6-12(21-14(9)16)8-17-13(15(18)19)10-4-3-5-11(7-10)20-2;3-2(4,5)1(6)7/h3-7,13,17H,8H2,1-2H3,(H,18,19);(H,6,7). The first-order valence-corrected chi connectivity index (χ1v) is 8.80. The molecule has 2 aromatic rings. The van der Waals surface area contributed by atoms with E-state index in [2.05, 4.69) is 5.32 Å². The zero-order chi connectivity index (χ0) is 21.5. The molecule has 11 heteroatoms. The lowest BCUT2D eigenvalue weighted by Gasteiger charge is -2.15. The van der Waals surface area contributed by atoms with Crippen molar-refractivity contribution in [2.45, 2.75) is 25.7 Å². The molecule has 0 amide bonds. The molecule has 0 aliphatic rings. The molecule has 28 heavy (non-hydrogen) atoms. The summed E-state index contributed by atoms with van der Waals surface area (Å²) in [6.07, 6.45) is -5.08. The summed E-state index contributed by atoms with van der Waals surface area (Å²) in [4.78, 5) is 21.4. The van der Waals surface area contributed by atoms with Crippen LogP contribution >= 0.6 is 22.9 Å². The molecular weight excluding hydrogens is 423 g/mol. The third-order valence-corrected chi connectivity index (χ3v) is 4.86. The Morgan fingerprint density at radius 2 is 1.89 bits per heavy atom. The Morgan fingerprint density at radius 3 is 2.32 bits per heavy atom. The second kappa shape index (κ2) is 10.3. The van der Waals surface area contributed by atoms with Crippen molar-refractivity contribution in [2.75, 3.05) is 7.11 Å². The lowest BCUT2D eigenvalue weighted by molar-refractivity contribution is -0.192. The van der Waals surface area contributed by atoms with Crippen molar-refractivity contribution in [3.05, 3.63) is 50.7 Å². The van der Waals surface area contributed by atoms with Gasteiger partial charge < -0.3 is 14.9 Å². The minimum Gasteiger partial charge on any atom is -0.497 e. The van der Waals surface area contributed by atoms with Crippen LogP contribution in [0, 0.1) is 6.92 Å². The average Bonchev–Trinajstić information content (AvgIpc) is 2.92. The highest BCUT2D eigenvalue weighted by Gasteiger charge is 2.38. The summed E-state index contributed by atoms with van der Waals surface area (Å²) in [6.45, 7) is 2.38. The minimum absolute atomic E-state index is 0.451. The second-order valence-corrected chi connectivity index (χ2v) is 7.14. The smallest absolute Gasteiger partial charge is 0.490 e. The number of carboxylic acid groups (broad SMARTS) is 2. The van der Waals surface area contributed by atoms with Gasteiger partial charge in [-0.15, -0.1) is 11.3 Å². The monoisotopic (exact) mass is 439 g/mol. The molecule has 0 bridgehead atoms. The number of methoxy groups -OCH3 is 1. The Morgan fingerprint density at radius 1 is 1.29 bits per heavy atom. The van der Waals surface area contributed by atoms with Crippen LogP contribution in [-0.4, -0.2) is 35.4 Å². The van der Waals surface area contributed by atoms with E-state index in [1.54, 1.807) is 31.4 Å². The molecule has 0 saturated heterocycles. The molecular formula is C17H17ClF3NO5S. The Labute approximate surface area is 167 Å². The number of ether oxygens (including phenoxy) is 1. The van der Waals surface area contributed by atoms with E-state index in [4.69, 9.17) is 26.2 Å². The molecule has 1 aromatic heterocycles. The Hall–Kier alpha value is -2.30. The Balaban J connectivity index is 0.000000480. The van der Waals surface area contributed by atoms with E-state index in [1.807, 2.05) is 13.0 Å². The van der Waals surface area contributed by atoms with Crippen molar-refractivity contribution in [3.63, 3.8) is 0 Å². The molecule has 0 aliphatic heterocycles. The fourth-order valence-electron chi connectivity index (χ4n) is 1.98. The summed E-state index contributed by atoms with van der Waals surface area (Å²) in [5, 5.41) is 19.6. The number of aliphatic carboxylic acids is 2. The van der Waals surface area contributed by atoms with Gasteiger partial charge in [0.25, 0.3) is 0 Å². The summed E-state index contributed by atoms with van der Waals surface area (Å²) in [6, 6.07) is 8.22. The van der Waals surface area contributed by atoms with E-state index < -0.39 is 24.2 Å². The van der Waals surface area contributed by atoms with Crippen LogP contribution < -0.4 is 10.1 Å². The summed E-state index contributed by atoms with van der Waals surface area (Å²) < 4.78 is 37.6. The fraction of sp³-hybridized carbons (Fsp3) is 0.294. The number of nitrogens with one attached hydrogen (secondary N) is 1. The van der Waals surface area contributed by atoms with Crippen LogP contribution in [0.25, 0.3) is 0 Å². The zero-order valence-corrected chi connectivity index (χ0v) is 16.3. The van der Waals surface area contributed by atoms with E-state index in [0.717, 1.165) is 14.8 Å². The number of carbonyl (C=O) groups is 2. The number of alkyl halides is 3. The van der Waals surface area contributed by atoms with Gasteiger partial charge in [0.2, 0.25) is 0 Å². The van der Waals surface area contributed by atoms with Gasteiger partial charge in [0.05, 0.1) is 11.4 Å². The number of benzene rings is 1. The number of halogens is 4. The Kier molecular flexibility index (Phi) is 8.73. The fourth-order valence-corrected chi connectivity index (χ4v) is 3.18. The number of rotatable bonds is 6. The molecule has 1 atom stereocenters. The van der Waals surface area contributed by atoms with Gasteiger partial charge in [0.15, 0.2) is 0 Å². The predicted octanol–water partition coefficient (Wildman–Crippen LogP) is 4.27. The molecule has 2 rings (SSSR count). The maximum atomic E-state index is 11.5. The Bertz CT molecular complexity index is 806. The lowest BCUT2D eigenvalue weighted by Crippen LogP contribution is -2.27. The van der Waals surface area contributed by atoms with Crippen LogP contribution in [0.1, 0.15) is 22.0 Å². The van der Waals surface area contributed by atoms with Gasteiger partial charge in [-0.1, -0.05) is 23.7 Å². The van der Waals surface area contributed by atoms with Gasteiger partial charge >= 0.3 is 18.1 Å². The predicted molar refractivity (Wildman–Crippen MR) is 98.0 cm³/mol. The summed E-state index contributed by atoms with van der Waals surface area (Å²) >= 11 is 7.48. The minimum atomic E-state index is -5.08. The lowest BCUT2D eigenvalue weighted by atomic mass is 10.1. The van der Waals surface area contributed by atoms with Gasteiger partial charge in [0, 0.05) is 11.4 Å². The van der Waals surface area contributed by atoms with Crippen molar-refractivity contribution in [3.8, 4) is 5.75 Å². The summed E-state index contributed by atoms with van der Waals surface area (Å²) in [5.74, 6) is -3.05. The maximum absolute atomic E-state index is 11.5. The number of hydrogen-bond acceptors (Lipinski definition) is 5. The highest BCUT2D eigenvalue weighted by Crippen LogP contribution is 2.27. The molecule has 1 heterocycles. The van der Waals surface area contributed by atoms with Gasteiger partial charge in [-0.25, -0.2) is 4.79 Å². The largest absolute Gasteiger partial charge is 0.497 e. The van der Waals surface area contributed by atoms with Crippen LogP contribution in [-0.2, 0) is 16.1 Å². The number of carboxylic acids is 2. The quantitative estimate of drug-likeness (QED) is 0.622. The molecule has 0 saturated carbocycles. The van der Waals surface area contributed by atoms with Crippen molar-refractivity contribution in [2.24, 2.45) is 0 Å². The molecule has 1 aromatic carbocycles. The topological polar surface area (TPSA) is 95.9 Å². The normalized spacial score (nSPS) is 11.9. The van der Waals surface area contributed by atoms with E-state index in [9.17, 15) is 23.1 Å². The number of thiophene rings is 1.